The lowest BCUT2D eigenvalue weighted by Gasteiger charge is -2.20. The van der Waals surface area contributed by atoms with Gasteiger partial charge in [0.1, 0.15) is 5.69 Å². The minimum Gasteiger partial charge on any atom is -0.481 e. The Labute approximate surface area is 149 Å². The fourth-order valence-corrected chi connectivity index (χ4v) is 3.08. The van der Waals surface area contributed by atoms with Crippen LogP contribution in [0.5, 0.6) is 0 Å². The zero-order valence-electron chi connectivity index (χ0n) is 14.4. The molecule has 1 aliphatic rings. The molecule has 26 heavy (non-hydrogen) atoms. The maximum atomic E-state index is 12.9. The van der Waals surface area contributed by atoms with Crippen LogP contribution in [0.25, 0.3) is 11.3 Å². The van der Waals surface area contributed by atoms with Crippen LogP contribution in [0.2, 0.25) is 0 Å². The predicted molar refractivity (Wildman–Crippen MR) is 91.6 cm³/mol. The van der Waals surface area contributed by atoms with E-state index in [-0.39, 0.29) is 18.1 Å². The smallest absolute Gasteiger partial charge is 0.311 e. The van der Waals surface area contributed by atoms with Crippen molar-refractivity contribution in [3.63, 3.8) is 0 Å². The number of carbonyl (C=O) groups is 2. The summed E-state index contributed by atoms with van der Waals surface area (Å²) in [6.07, 6.45) is 1.97. The normalized spacial score (nSPS) is 19.5. The van der Waals surface area contributed by atoms with Gasteiger partial charge < -0.3 is 10.0 Å². The summed E-state index contributed by atoms with van der Waals surface area (Å²) in [5.74, 6) is -1.22. The molecular weight excluding hydrogens is 340 g/mol. The molecule has 0 aliphatic carbocycles. The lowest BCUT2D eigenvalue weighted by Crippen LogP contribution is -2.34. The van der Waals surface area contributed by atoms with Gasteiger partial charge in [-0.3, -0.25) is 24.4 Å². The maximum absolute atomic E-state index is 12.9. The number of aromatic nitrogens is 2. The zero-order chi connectivity index (χ0) is 19.1. The number of aliphatic carboxylic acids is 1. The molecule has 2 heterocycles. The lowest BCUT2D eigenvalue weighted by molar-refractivity contribution is -0.384. The van der Waals surface area contributed by atoms with Crippen molar-refractivity contribution in [1.29, 1.82) is 0 Å². The van der Waals surface area contributed by atoms with Gasteiger partial charge in [-0.15, -0.1) is 0 Å². The van der Waals surface area contributed by atoms with Crippen molar-refractivity contribution in [3.05, 3.63) is 46.1 Å². The van der Waals surface area contributed by atoms with Gasteiger partial charge in [0, 0.05) is 44.0 Å². The second-order valence-electron chi connectivity index (χ2n) is 6.71. The highest BCUT2D eigenvalue weighted by atomic mass is 16.6. The summed E-state index contributed by atoms with van der Waals surface area (Å²) in [4.78, 5) is 36.1. The van der Waals surface area contributed by atoms with Gasteiger partial charge in [0.05, 0.1) is 15.9 Å². The minimum atomic E-state index is -0.953. The fraction of sp³-hybridized carbons (Fsp3) is 0.353. The highest BCUT2D eigenvalue weighted by molar-refractivity contribution is 6.00. The number of likely N-dealkylation sites (tertiary alicyclic amines) is 1. The Hall–Kier alpha value is -3.23. The number of aryl methyl sites for hydroxylation is 1. The number of rotatable bonds is 4. The van der Waals surface area contributed by atoms with E-state index in [1.165, 1.54) is 21.7 Å². The van der Waals surface area contributed by atoms with Crippen molar-refractivity contribution in [3.8, 4) is 11.3 Å². The van der Waals surface area contributed by atoms with Gasteiger partial charge in [0.25, 0.3) is 11.6 Å². The Kier molecular flexibility index (Phi) is 4.23. The van der Waals surface area contributed by atoms with E-state index in [1.54, 1.807) is 32.3 Å². The van der Waals surface area contributed by atoms with Crippen molar-refractivity contribution < 1.29 is 19.6 Å². The SMILES string of the molecule is Cn1cc(C(=O)N2CCC(C)(C(=O)O)C2)c(-c2ccc([N+](=O)[O-])cc2)n1. The summed E-state index contributed by atoms with van der Waals surface area (Å²) in [6, 6.07) is 5.80. The number of carboxylic acids is 1. The van der Waals surface area contributed by atoms with Crippen LogP contribution < -0.4 is 0 Å². The van der Waals surface area contributed by atoms with Gasteiger partial charge in [0.15, 0.2) is 0 Å². The monoisotopic (exact) mass is 358 g/mol. The molecule has 2 aromatic rings. The third kappa shape index (κ3) is 3.03. The number of nitro groups is 1. The van der Waals surface area contributed by atoms with E-state index >= 15 is 0 Å². The molecular formula is C17H18N4O5. The Balaban J connectivity index is 1.91. The standard InChI is InChI=1S/C17H18N4O5/c1-17(16(23)24)7-8-20(10-17)15(22)13-9-19(2)18-14(13)11-3-5-12(6-4-11)21(25)26/h3-6,9H,7-8,10H2,1-2H3,(H,23,24). The summed E-state index contributed by atoms with van der Waals surface area (Å²) < 4.78 is 1.50. The van der Waals surface area contributed by atoms with Gasteiger partial charge in [0.2, 0.25) is 0 Å². The predicted octanol–water partition coefficient (Wildman–Crippen LogP) is 1.93. The molecule has 1 aromatic heterocycles. The van der Waals surface area contributed by atoms with Crippen molar-refractivity contribution >= 4 is 17.6 Å². The molecule has 1 unspecified atom stereocenters. The molecule has 0 saturated carbocycles. The summed E-state index contributed by atoms with van der Waals surface area (Å²) in [5.41, 5.74) is 0.340. The van der Waals surface area contributed by atoms with Crippen LogP contribution in [0.4, 0.5) is 5.69 Å². The molecule has 9 heteroatoms. The van der Waals surface area contributed by atoms with Gasteiger partial charge in [-0.2, -0.15) is 5.10 Å². The summed E-state index contributed by atoms with van der Waals surface area (Å²) in [6.45, 7) is 2.12. The molecule has 1 aliphatic heterocycles. The molecule has 1 aromatic carbocycles. The fourth-order valence-electron chi connectivity index (χ4n) is 3.08. The van der Waals surface area contributed by atoms with Gasteiger partial charge in [-0.25, -0.2) is 0 Å². The topological polar surface area (TPSA) is 119 Å². The van der Waals surface area contributed by atoms with E-state index in [0.29, 0.717) is 29.8 Å². The first-order chi connectivity index (χ1) is 12.2. The quantitative estimate of drug-likeness (QED) is 0.659. The molecule has 1 amide bonds. The van der Waals surface area contributed by atoms with Crippen molar-refractivity contribution in [2.75, 3.05) is 13.1 Å². The average molecular weight is 358 g/mol. The highest BCUT2D eigenvalue weighted by Gasteiger charge is 2.42. The van der Waals surface area contributed by atoms with E-state index in [1.807, 2.05) is 0 Å². The lowest BCUT2D eigenvalue weighted by atomic mass is 9.90. The van der Waals surface area contributed by atoms with Gasteiger partial charge >= 0.3 is 5.97 Å². The summed E-state index contributed by atoms with van der Waals surface area (Å²) >= 11 is 0. The number of hydrogen-bond acceptors (Lipinski definition) is 5. The summed E-state index contributed by atoms with van der Waals surface area (Å²) in [5, 5.41) is 24.4. The molecule has 1 atom stereocenters. The van der Waals surface area contributed by atoms with E-state index in [2.05, 4.69) is 5.10 Å². The van der Waals surface area contributed by atoms with Crippen molar-refractivity contribution in [2.24, 2.45) is 12.5 Å². The Morgan fingerprint density at radius 2 is 1.96 bits per heavy atom. The Bertz CT molecular complexity index is 889. The molecule has 3 rings (SSSR count). The number of benzene rings is 1. The number of carboxylic acid groups (broad SMARTS) is 1. The van der Waals surface area contributed by atoms with Gasteiger partial charge in [-0.05, 0) is 25.5 Å². The van der Waals surface area contributed by atoms with Gasteiger partial charge in [-0.1, -0.05) is 0 Å². The number of nitrogens with zero attached hydrogens (tertiary/aromatic N) is 4. The van der Waals surface area contributed by atoms with Crippen LogP contribution in [0, 0.1) is 15.5 Å². The van der Waals surface area contributed by atoms with E-state index in [9.17, 15) is 24.8 Å². The van der Waals surface area contributed by atoms with Crippen LogP contribution >= 0.6 is 0 Å². The number of hydrogen-bond donors (Lipinski definition) is 1. The number of nitro benzene ring substituents is 1. The second kappa shape index (κ2) is 6.25. The van der Waals surface area contributed by atoms with Crippen molar-refractivity contribution in [1.82, 2.24) is 14.7 Å². The van der Waals surface area contributed by atoms with Crippen LogP contribution in [-0.2, 0) is 11.8 Å². The number of amides is 1. The molecule has 0 spiro atoms. The highest BCUT2D eigenvalue weighted by Crippen LogP contribution is 2.32. The van der Waals surface area contributed by atoms with Crippen molar-refractivity contribution in [2.45, 2.75) is 13.3 Å². The maximum Gasteiger partial charge on any atom is 0.311 e. The van der Waals surface area contributed by atoms with Crippen LogP contribution in [0.1, 0.15) is 23.7 Å². The third-order valence-electron chi connectivity index (χ3n) is 4.69. The molecule has 1 fully saturated rings. The molecule has 1 N–H and O–H groups in total. The van der Waals surface area contributed by atoms with Crippen LogP contribution in [0.15, 0.2) is 30.5 Å². The average Bonchev–Trinajstić information content (AvgIpc) is 3.18. The van der Waals surface area contributed by atoms with E-state index in [0.717, 1.165) is 0 Å². The first-order valence-corrected chi connectivity index (χ1v) is 8.02. The number of carbonyl (C=O) groups excluding carboxylic acids is 1. The minimum absolute atomic E-state index is 0.0469. The third-order valence-corrected chi connectivity index (χ3v) is 4.69. The summed E-state index contributed by atoms with van der Waals surface area (Å²) in [7, 11) is 1.68. The van der Waals surface area contributed by atoms with E-state index in [4.69, 9.17) is 0 Å². The van der Waals surface area contributed by atoms with E-state index < -0.39 is 16.3 Å². The molecule has 1 saturated heterocycles. The number of non-ortho nitro benzene ring substituents is 1. The zero-order valence-corrected chi connectivity index (χ0v) is 14.4. The molecule has 0 bridgehead atoms. The molecule has 9 nitrogen and oxygen atoms in total. The first-order valence-electron chi connectivity index (χ1n) is 8.02. The first kappa shape index (κ1) is 17.6. The van der Waals surface area contributed by atoms with Crippen LogP contribution in [-0.4, -0.2) is 49.7 Å². The molecule has 136 valence electrons. The molecule has 0 radical (unpaired) electrons. The Morgan fingerprint density at radius 1 is 1.31 bits per heavy atom. The largest absolute Gasteiger partial charge is 0.481 e. The second-order valence-corrected chi connectivity index (χ2v) is 6.71. The van der Waals surface area contributed by atoms with Crippen LogP contribution in [0.3, 0.4) is 0 Å². The Morgan fingerprint density at radius 3 is 2.50 bits per heavy atom.